The molecule has 2 saturated heterocycles. The summed E-state index contributed by atoms with van der Waals surface area (Å²) in [6, 6.07) is 8.05. The summed E-state index contributed by atoms with van der Waals surface area (Å²) in [4.78, 5) is 18.4. The Morgan fingerprint density at radius 1 is 1.17 bits per heavy atom. The number of nitriles is 1. The van der Waals surface area contributed by atoms with Gasteiger partial charge in [-0.3, -0.25) is 4.79 Å². The number of nitrogens with zero attached hydrogens (tertiary/aromatic N) is 5. The minimum absolute atomic E-state index is 0.0533. The van der Waals surface area contributed by atoms with Crippen molar-refractivity contribution in [3.63, 3.8) is 0 Å². The van der Waals surface area contributed by atoms with E-state index in [1.165, 1.54) is 12.1 Å². The molecule has 0 unspecified atom stereocenters. The van der Waals surface area contributed by atoms with Gasteiger partial charge in [-0.1, -0.05) is 0 Å². The van der Waals surface area contributed by atoms with E-state index in [9.17, 15) is 23.2 Å². The Labute approximate surface area is 198 Å². The van der Waals surface area contributed by atoms with Gasteiger partial charge in [0.2, 0.25) is 17.3 Å². The quantitative estimate of drug-likeness (QED) is 0.609. The molecule has 11 heteroatoms. The van der Waals surface area contributed by atoms with Crippen molar-refractivity contribution < 1.29 is 17.6 Å². The van der Waals surface area contributed by atoms with Gasteiger partial charge < -0.3 is 19.2 Å². The predicted molar refractivity (Wildman–Crippen MR) is 120 cm³/mol. The summed E-state index contributed by atoms with van der Waals surface area (Å²) in [7, 11) is 2.03. The third kappa shape index (κ3) is 3.12. The van der Waals surface area contributed by atoms with Crippen LogP contribution < -0.4 is 10.5 Å². The van der Waals surface area contributed by atoms with E-state index in [4.69, 9.17) is 4.42 Å². The number of fused-ring (bicyclic) bond motifs is 2. The van der Waals surface area contributed by atoms with Crippen LogP contribution in [0, 0.1) is 16.7 Å². The third-order valence-electron chi connectivity index (χ3n) is 8.11. The van der Waals surface area contributed by atoms with E-state index in [2.05, 4.69) is 20.1 Å². The van der Waals surface area contributed by atoms with Crippen molar-refractivity contribution in [1.29, 1.82) is 5.26 Å². The third-order valence-corrected chi connectivity index (χ3v) is 8.11. The van der Waals surface area contributed by atoms with Crippen molar-refractivity contribution in [1.82, 2.24) is 20.1 Å². The molecule has 6 rings (SSSR count). The second-order valence-corrected chi connectivity index (χ2v) is 10.1. The predicted octanol–water partition coefficient (Wildman–Crippen LogP) is 3.30. The lowest BCUT2D eigenvalue weighted by Gasteiger charge is -2.26. The zero-order valence-corrected chi connectivity index (χ0v) is 19.0. The van der Waals surface area contributed by atoms with Crippen molar-refractivity contribution >= 4 is 16.6 Å². The first-order chi connectivity index (χ1) is 16.7. The minimum atomic E-state index is -4.46. The number of rotatable bonds is 3. The molecule has 0 amide bonds. The number of anilines is 1. The number of hydrogen-bond acceptors (Lipinski definition) is 7. The molecule has 2 aliphatic heterocycles. The lowest BCUT2D eigenvalue weighted by molar-refractivity contribution is -0.187. The first-order valence-corrected chi connectivity index (χ1v) is 11.6. The summed E-state index contributed by atoms with van der Waals surface area (Å²) < 4.78 is 49.4. The van der Waals surface area contributed by atoms with Gasteiger partial charge in [0.25, 0.3) is 0 Å². The number of nitrogens with one attached hydrogen (secondary N) is 1. The Morgan fingerprint density at radius 2 is 1.94 bits per heavy atom. The molecule has 0 bridgehead atoms. The van der Waals surface area contributed by atoms with E-state index >= 15 is 0 Å². The van der Waals surface area contributed by atoms with Crippen LogP contribution in [0.25, 0.3) is 10.9 Å². The number of aromatic amines is 1. The highest BCUT2D eigenvalue weighted by molar-refractivity contribution is 5.95. The highest BCUT2D eigenvalue weighted by Gasteiger charge is 2.86. The number of likely N-dealkylation sites (tertiary alicyclic amines) is 1. The van der Waals surface area contributed by atoms with Gasteiger partial charge in [-0.15, -0.1) is 10.2 Å². The molecule has 1 aromatic carbocycles. The van der Waals surface area contributed by atoms with Crippen LogP contribution in [0.4, 0.5) is 18.9 Å². The van der Waals surface area contributed by atoms with Gasteiger partial charge >= 0.3 is 6.18 Å². The van der Waals surface area contributed by atoms with Gasteiger partial charge in [-0.05, 0) is 57.6 Å². The lowest BCUT2D eigenvalue weighted by atomic mass is 9.95. The van der Waals surface area contributed by atoms with Gasteiger partial charge in [-0.2, -0.15) is 18.4 Å². The summed E-state index contributed by atoms with van der Waals surface area (Å²) in [6.07, 6.45) is -2.89. The number of benzene rings is 1. The van der Waals surface area contributed by atoms with E-state index in [1.807, 2.05) is 13.1 Å². The monoisotopic (exact) mass is 484 g/mol. The second-order valence-electron chi connectivity index (χ2n) is 10.1. The number of pyridine rings is 1. The first-order valence-electron chi connectivity index (χ1n) is 11.6. The fraction of sp³-hybridized carbons (Fsp3) is 0.500. The van der Waals surface area contributed by atoms with Crippen LogP contribution in [0.1, 0.15) is 42.5 Å². The standard InChI is InChI=1S/C24H23F3N6O2/c1-32-8-6-14(7-9-32)20-30-31-21(35-20)22-11-23(22,24(25,26)27)13-33(12-22)17-4-2-15(10-28)19-16(17)3-5-18(34)29-19/h2-5,14H,6-9,11-13H2,1H3,(H,29,34)/t22-,23-/m0/s1. The van der Waals surface area contributed by atoms with Crippen molar-refractivity contribution in [2.24, 2.45) is 5.41 Å². The van der Waals surface area contributed by atoms with E-state index in [0.29, 0.717) is 22.5 Å². The van der Waals surface area contributed by atoms with Gasteiger partial charge in [0, 0.05) is 36.1 Å². The van der Waals surface area contributed by atoms with Crippen LogP contribution in [0.3, 0.4) is 0 Å². The maximum atomic E-state index is 14.5. The van der Waals surface area contributed by atoms with Gasteiger partial charge in [-0.25, -0.2) is 0 Å². The average Bonchev–Trinajstić information content (AvgIpc) is 3.13. The Kier molecular flexibility index (Phi) is 4.61. The summed E-state index contributed by atoms with van der Waals surface area (Å²) >= 11 is 0. The molecule has 2 atom stereocenters. The fourth-order valence-electron chi connectivity index (χ4n) is 6.03. The van der Waals surface area contributed by atoms with Crippen LogP contribution in [0.2, 0.25) is 0 Å². The molecule has 3 aliphatic rings. The number of aromatic nitrogens is 3. The molecular formula is C24H23F3N6O2. The maximum absolute atomic E-state index is 14.5. The van der Waals surface area contributed by atoms with E-state index < -0.39 is 17.0 Å². The van der Waals surface area contributed by atoms with Crippen molar-refractivity contribution in [3.8, 4) is 6.07 Å². The number of halogens is 3. The first kappa shape index (κ1) is 22.1. The van der Waals surface area contributed by atoms with Crippen LogP contribution in [0.5, 0.6) is 0 Å². The average molecular weight is 484 g/mol. The van der Waals surface area contributed by atoms with Gasteiger partial charge in [0.05, 0.1) is 16.5 Å². The summed E-state index contributed by atoms with van der Waals surface area (Å²) in [5.41, 5.74) is -2.59. The summed E-state index contributed by atoms with van der Waals surface area (Å²) in [6.45, 7) is 1.55. The Morgan fingerprint density at radius 3 is 2.66 bits per heavy atom. The number of alkyl halides is 3. The topological polar surface area (TPSA) is 102 Å². The normalized spacial score (nSPS) is 27.2. The van der Waals surface area contributed by atoms with Crippen LogP contribution in [0.15, 0.2) is 33.5 Å². The summed E-state index contributed by atoms with van der Waals surface area (Å²) in [5.74, 6) is 0.530. The number of H-pyrrole nitrogens is 1. The largest absolute Gasteiger partial charge is 0.424 e. The fourth-order valence-corrected chi connectivity index (χ4v) is 6.03. The van der Waals surface area contributed by atoms with E-state index in [0.717, 1.165) is 25.9 Å². The van der Waals surface area contributed by atoms with Crippen LogP contribution >= 0.6 is 0 Å². The molecular weight excluding hydrogens is 461 g/mol. The van der Waals surface area contributed by atoms with Crippen molar-refractivity contribution in [3.05, 3.63) is 52.0 Å². The SMILES string of the molecule is CN1CCC(c2nnc([C@]34CN(c5ccc(C#N)c6[nH]c(=O)ccc56)C[C@@]3(C(F)(F)F)C4)o2)CC1. The molecule has 1 saturated carbocycles. The molecule has 1 N–H and O–H groups in total. The molecule has 4 heterocycles. The number of piperidine rings is 2. The molecule has 8 nitrogen and oxygen atoms in total. The Balaban J connectivity index is 1.39. The van der Waals surface area contributed by atoms with Gasteiger partial charge in [0.15, 0.2) is 0 Å². The number of hydrogen-bond donors (Lipinski definition) is 1. The summed E-state index contributed by atoms with van der Waals surface area (Å²) in [5, 5.41) is 18.3. The van der Waals surface area contributed by atoms with Crippen LogP contribution in [-0.2, 0) is 5.41 Å². The van der Waals surface area contributed by atoms with Crippen LogP contribution in [-0.4, -0.2) is 59.5 Å². The molecule has 3 aromatic rings. The molecule has 3 fully saturated rings. The highest BCUT2D eigenvalue weighted by atomic mass is 19.4. The van der Waals surface area contributed by atoms with Crippen molar-refractivity contribution in [2.45, 2.75) is 36.8 Å². The molecule has 2 aromatic heterocycles. The van der Waals surface area contributed by atoms with Crippen molar-refractivity contribution in [2.75, 3.05) is 38.1 Å². The lowest BCUT2D eigenvalue weighted by Crippen LogP contribution is -2.34. The molecule has 35 heavy (non-hydrogen) atoms. The molecule has 0 radical (unpaired) electrons. The zero-order chi connectivity index (χ0) is 24.6. The van der Waals surface area contributed by atoms with E-state index in [-0.39, 0.29) is 42.4 Å². The smallest absolute Gasteiger partial charge is 0.397 e. The second kappa shape index (κ2) is 7.31. The highest BCUT2D eigenvalue weighted by Crippen LogP contribution is 2.75. The molecule has 0 spiro atoms. The molecule has 182 valence electrons. The molecule has 1 aliphatic carbocycles. The van der Waals surface area contributed by atoms with Gasteiger partial charge in [0.1, 0.15) is 11.5 Å². The zero-order valence-electron chi connectivity index (χ0n) is 19.0. The Hall–Kier alpha value is -3.39. The maximum Gasteiger partial charge on any atom is 0.397 e. The van der Waals surface area contributed by atoms with E-state index in [1.54, 1.807) is 17.0 Å². The minimum Gasteiger partial charge on any atom is -0.424 e. The Bertz CT molecular complexity index is 1420.